The summed E-state index contributed by atoms with van der Waals surface area (Å²) in [5.74, 6) is 1.98. The number of nitrogens with zero attached hydrogens (tertiary/aromatic N) is 4. The summed E-state index contributed by atoms with van der Waals surface area (Å²) < 4.78 is 41.1. The van der Waals surface area contributed by atoms with Crippen LogP contribution >= 0.6 is 0 Å². The first-order valence-corrected chi connectivity index (χ1v) is 9.73. The van der Waals surface area contributed by atoms with Gasteiger partial charge < -0.3 is 16.0 Å². The third-order valence-electron chi connectivity index (χ3n) is 4.62. The van der Waals surface area contributed by atoms with Gasteiger partial charge in [0.25, 0.3) is 0 Å². The van der Waals surface area contributed by atoms with Crippen LogP contribution in [0.1, 0.15) is 11.4 Å². The van der Waals surface area contributed by atoms with Crippen molar-refractivity contribution in [1.82, 2.24) is 19.5 Å². The van der Waals surface area contributed by atoms with Crippen LogP contribution in [0.5, 0.6) is 0 Å². The number of benzene rings is 2. The number of urea groups is 1. The van der Waals surface area contributed by atoms with E-state index in [-0.39, 0.29) is 5.69 Å². The van der Waals surface area contributed by atoms with Crippen LogP contribution < -0.4 is 16.0 Å². The summed E-state index contributed by atoms with van der Waals surface area (Å²) in [6.45, 7) is 1.86. The normalized spacial score (nSPS) is 11.2. The highest BCUT2D eigenvalue weighted by molar-refractivity contribution is 6.00. The molecule has 4 rings (SSSR count). The largest absolute Gasteiger partial charge is 0.418 e. The van der Waals surface area contributed by atoms with Gasteiger partial charge in [-0.25, -0.2) is 19.7 Å². The number of amides is 2. The van der Waals surface area contributed by atoms with Crippen LogP contribution in [-0.2, 0) is 6.18 Å². The number of alkyl halides is 3. The second-order valence-electron chi connectivity index (χ2n) is 6.93. The van der Waals surface area contributed by atoms with Crippen molar-refractivity contribution in [2.24, 2.45) is 0 Å². The molecule has 2 aromatic heterocycles. The Balaban J connectivity index is 1.40. The molecular formula is C22H18F3N7O. The van der Waals surface area contributed by atoms with E-state index < -0.39 is 17.8 Å². The van der Waals surface area contributed by atoms with Gasteiger partial charge in [-0.3, -0.25) is 4.57 Å². The van der Waals surface area contributed by atoms with Gasteiger partial charge in [0.15, 0.2) is 0 Å². The molecule has 33 heavy (non-hydrogen) atoms. The lowest BCUT2D eigenvalue weighted by Gasteiger charge is -2.14. The zero-order chi connectivity index (χ0) is 23.4. The minimum Gasteiger partial charge on any atom is -0.340 e. The monoisotopic (exact) mass is 453 g/mol. The Morgan fingerprint density at radius 2 is 1.67 bits per heavy atom. The standard InChI is InChI=1S/C22H18F3N7O/c1-14-26-10-11-32(14)20-12-19(27-13-28-20)29-15-6-8-16(9-7-15)30-21(33)31-18-5-3-2-4-17(18)22(23,24)25/h2-13H,1H3,(H,27,28,29)(H2,30,31,33). The van der Waals surface area contributed by atoms with Gasteiger partial charge in [-0.05, 0) is 43.3 Å². The molecule has 168 valence electrons. The van der Waals surface area contributed by atoms with Crippen molar-refractivity contribution < 1.29 is 18.0 Å². The van der Waals surface area contributed by atoms with E-state index in [2.05, 4.69) is 30.9 Å². The Hall–Kier alpha value is -4.41. The SMILES string of the molecule is Cc1nccn1-c1cc(Nc2ccc(NC(=O)Nc3ccccc3C(F)(F)F)cc2)ncn1. The number of para-hydroxylation sites is 1. The maximum Gasteiger partial charge on any atom is 0.418 e. The maximum absolute atomic E-state index is 13.1. The molecule has 0 spiro atoms. The van der Waals surface area contributed by atoms with Gasteiger partial charge in [0.05, 0.1) is 11.3 Å². The lowest BCUT2D eigenvalue weighted by atomic mass is 10.1. The molecule has 0 saturated heterocycles. The van der Waals surface area contributed by atoms with Crippen molar-refractivity contribution in [2.45, 2.75) is 13.1 Å². The molecule has 8 nitrogen and oxygen atoms in total. The third kappa shape index (κ3) is 5.26. The molecule has 3 N–H and O–H groups in total. The van der Waals surface area contributed by atoms with Crippen LogP contribution in [0.15, 0.2) is 73.3 Å². The van der Waals surface area contributed by atoms with E-state index in [4.69, 9.17) is 0 Å². The number of halogens is 3. The molecule has 0 radical (unpaired) electrons. The molecule has 0 atom stereocenters. The first-order valence-electron chi connectivity index (χ1n) is 9.73. The summed E-state index contributed by atoms with van der Waals surface area (Å²) in [6, 6.07) is 12.4. The first-order chi connectivity index (χ1) is 15.8. The molecule has 0 unspecified atom stereocenters. The molecule has 0 aliphatic carbocycles. The summed E-state index contributed by atoms with van der Waals surface area (Å²) in [7, 11) is 0. The van der Waals surface area contributed by atoms with Gasteiger partial charge in [-0.2, -0.15) is 13.2 Å². The van der Waals surface area contributed by atoms with Crippen molar-refractivity contribution in [3.05, 3.63) is 84.7 Å². The topological polar surface area (TPSA) is 96.8 Å². The van der Waals surface area contributed by atoms with E-state index in [9.17, 15) is 18.0 Å². The number of imidazole rings is 1. The predicted octanol–water partition coefficient (Wildman–Crippen LogP) is 5.38. The highest BCUT2D eigenvalue weighted by Crippen LogP contribution is 2.34. The van der Waals surface area contributed by atoms with Crippen molar-refractivity contribution in [3.8, 4) is 5.82 Å². The molecule has 0 bridgehead atoms. The molecule has 0 aliphatic heterocycles. The molecule has 2 amide bonds. The van der Waals surface area contributed by atoms with E-state index in [0.717, 1.165) is 11.9 Å². The summed E-state index contributed by atoms with van der Waals surface area (Å²) in [6.07, 6.45) is 0.318. The van der Waals surface area contributed by atoms with Crippen LogP contribution in [-0.4, -0.2) is 25.6 Å². The fraction of sp³-hybridized carbons (Fsp3) is 0.0909. The number of anilines is 4. The van der Waals surface area contributed by atoms with Crippen LogP contribution in [0.3, 0.4) is 0 Å². The van der Waals surface area contributed by atoms with Crippen molar-refractivity contribution in [3.63, 3.8) is 0 Å². The van der Waals surface area contributed by atoms with Gasteiger partial charge in [0.2, 0.25) is 0 Å². The van der Waals surface area contributed by atoms with Crippen LogP contribution in [0.25, 0.3) is 5.82 Å². The third-order valence-corrected chi connectivity index (χ3v) is 4.62. The van der Waals surface area contributed by atoms with E-state index in [0.29, 0.717) is 23.0 Å². The molecule has 11 heteroatoms. The quantitative estimate of drug-likeness (QED) is 0.377. The Labute approximate surface area is 186 Å². The van der Waals surface area contributed by atoms with Crippen LogP contribution in [0.4, 0.5) is 40.8 Å². The van der Waals surface area contributed by atoms with Gasteiger partial charge in [-0.15, -0.1) is 0 Å². The predicted molar refractivity (Wildman–Crippen MR) is 118 cm³/mol. The average Bonchev–Trinajstić information content (AvgIpc) is 3.21. The van der Waals surface area contributed by atoms with E-state index in [1.807, 2.05) is 11.5 Å². The lowest BCUT2D eigenvalue weighted by Crippen LogP contribution is -2.21. The van der Waals surface area contributed by atoms with E-state index in [1.165, 1.54) is 24.5 Å². The van der Waals surface area contributed by atoms with Crippen molar-refractivity contribution >= 4 is 28.9 Å². The van der Waals surface area contributed by atoms with E-state index in [1.54, 1.807) is 42.7 Å². The highest BCUT2D eigenvalue weighted by atomic mass is 19.4. The Bertz CT molecular complexity index is 1270. The fourth-order valence-electron chi connectivity index (χ4n) is 3.08. The lowest BCUT2D eigenvalue weighted by molar-refractivity contribution is -0.136. The molecule has 2 heterocycles. The van der Waals surface area contributed by atoms with Crippen LogP contribution in [0.2, 0.25) is 0 Å². The minimum absolute atomic E-state index is 0.325. The molecule has 0 saturated carbocycles. The molecule has 4 aromatic rings. The number of hydrogen-bond acceptors (Lipinski definition) is 5. The summed E-state index contributed by atoms with van der Waals surface area (Å²) in [4.78, 5) is 24.8. The number of carbonyl (C=O) groups excluding carboxylic acids is 1. The smallest absolute Gasteiger partial charge is 0.340 e. The summed E-state index contributed by atoms with van der Waals surface area (Å²) in [5, 5.41) is 7.88. The molecule has 0 fully saturated rings. The number of hydrogen-bond donors (Lipinski definition) is 3. The van der Waals surface area contributed by atoms with Crippen LogP contribution in [0, 0.1) is 6.92 Å². The molecular weight excluding hydrogens is 435 g/mol. The second kappa shape index (κ2) is 8.99. The van der Waals surface area contributed by atoms with Crippen molar-refractivity contribution in [2.75, 3.05) is 16.0 Å². The highest BCUT2D eigenvalue weighted by Gasteiger charge is 2.33. The minimum atomic E-state index is -4.57. The maximum atomic E-state index is 13.1. The number of carbonyl (C=O) groups is 1. The van der Waals surface area contributed by atoms with Crippen molar-refractivity contribution in [1.29, 1.82) is 0 Å². The van der Waals surface area contributed by atoms with E-state index >= 15 is 0 Å². The fourth-order valence-corrected chi connectivity index (χ4v) is 3.08. The zero-order valence-corrected chi connectivity index (χ0v) is 17.3. The summed E-state index contributed by atoms with van der Waals surface area (Å²) in [5.41, 5.74) is -0.154. The number of aryl methyl sites for hydroxylation is 1. The Morgan fingerprint density at radius 1 is 0.939 bits per heavy atom. The molecule has 0 aliphatic rings. The zero-order valence-electron chi connectivity index (χ0n) is 17.3. The van der Waals surface area contributed by atoms with Gasteiger partial charge in [0.1, 0.15) is 23.8 Å². The van der Waals surface area contributed by atoms with Gasteiger partial charge in [0, 0.05) is 29.8 Å². The van der Waals surface area contributed by atoms with Gasteiger partial charge in [-0.1, -0.05) is 12.1 Å². The Kier molecular flexibility index (Phi) is 5.94. The molecule has 2 aromatic carbocycles. The first kappa shape index (κ1) is 21.8. The number of nitrogens with one attached hydrogen (secondary N) is 3. The number of rotatable bonds is 5. The second-order valence-corrected chi connectivity index (χ2v) is 6.93. The average molecular weight is 453 g/mol. The number of aromatic nitrogens is 4. The van der Waals surface area contributed by atoms with Gasteiger partial charge >= 0.3 is 12.2 Å². The Morgan fingerprint density at radius 3 is 2.36 bits per heavy atom. The summed E-state index contributed by atoms with van der Waals surface area (Å²) >= 11 is 0.